The van der Waals surface area contributed by atoms with Crippen molar-refractivity contribution in [2.75, 3.05) is 44.7 Å². The van der Waals surface area contributed by atoms with E-state index in [-0.39, 0.29) is 18.4 Å². The van der Waals surface area contributed by atoms with Crippen LogP contribution in [0, 0.1) is 5.82 Å². The van der Waals surface area contributed by atoms with Gasteiger partial charge in [0.1, 0.15) is 5.82 Å². The zero-order valence-corrected chi connectivity index (χ0v) is 16.2. The number of nitrogens with one attached hydrogen (secondary N) is 1. The first-order chi connectivity index (χ1) is 13.5. The minimum Gasteiger partial charge on any atom is -0.466 e. The summed E-state index contributed by atoms with van der Waals surface area (Å²) in [5.41, 5.74) is 1.43. The highest BCUT2D eigenvalue weighted by Gasteiger charge is 2.24. The van der Waals surface area contributed by atoms with Crippen molar-refractivity contribution in [3.63, 3.8) is 0 Å². The molecule has 0 atom stereocenters. The first-order valence-electron chi connectivity index (χ1n) is 8.91. The number of ether oxygens (including phenoxy) is 1. The number of carbonyl (C=O) groups excluding carboxylic acids is 2. The fraction of sp³-hybridized carbons (Fsp3) is 0.350. The van der Waals surface area contributed by atoms with Gasteiger partial charge in [-0.3, -0.25) is 9.89 Å². The van der Waals surface area contributed by atoms with Crippen LogP contribution >= 0.6 is 0 Å². The molecule has 150 valence electrons. The Labute approximate surface area is 164 Å². The van der Waals surface area contributed by atoms with Gasteiger partial charge in [0.15, 0.2) is 0 Å². The standard InChI is InChI=1S/C20H25FN4O3/c1-15(19(26)28-3)4-7-17(22-2)14-25(18-8-5-16(21)6-9-18)20(27)24-12-10-23-11-13-24/h4-9,23H,2,10-14H2,1,3H3/b15-4+,17-7-. The summed E-state index contributed by atoms with van der Waals surface area (Å²) in [6, 6.07) is 5.51. The average molecular weight is 388 g/mol. The predicted octanol–water partition coefficient (Wildman–Crippen LogP) is 2.36. The molecule has 0 spiro atoms. The second kappa shape index (κ2) is 10.4. The summed E-state index contributed by atoms with van der Waals surface area (Å²) < 4.78 is 18.0. The van der Waals surface area contributed by atoms with Crippen LogP contribution in [0.25, 0.3) is 0 Å². The predicted molar refractivity (Wildman–Crippen MR) is 107 cm³/mol. The minimum atomic E-state index is -0.452. The molecule has 1 aliphatic rings. The Bertz CT molecular complexity index is 768. The number of amides is 2. The maximum absolute atomic E-state index is 13.3. The van der Waals surface area contributed by atoms with Crippen LogP contribution in [0.15, 0.2) is 52.7 Å². The van der Waals surface area contributed by atoms with Gasteiger partial charge in [-0.05, 0) is 44.0 Å². The van der Waals surface area contributed by atoms with Crippen molar-refractivity contribution in [2.24, 2.45) is 4.99 Å². The Balaban J connectivity index is 2.29. The Morgan fingerprint density at radius 1 is 1.29 bits per heavy atom. The van der Waals surface area contributed by atoms with E-state index in [0.717, 1.165) is 0 Å². The molecular formula is C20H25FN4O3. The molecular weight excluding hydrogens is 363 g/mol. The number of benzene rings is 1. The number of urea groups is 1. The van der Waals surface area contributed by atoms with Crippen LogP contribution in [0.5, 0.6) is 0 Å². The van der Waals surface area contributed by atoms with E-state index in [9.17, 15) is 14.0 Å². The molecule has 1 saturated heterocycles. The lowest BCUT2D eigenvalue weighted by molar-refractivity contribution is -0.136. The zero-order chi connectivity index (χ0) is 20.5. The van der Waals surface area contributed by atoms with E-state index < -0.39 is 5.97 Å². The van der Waals surface area contributed by atoms with E-state index in [1.807, 2.05) is 0 Å². The number of anilines is 1. The molecule has 1 fully saturated rings. The SMILES string of the molecule is C=N/C(=C\C=C(/C)C(=O)OC)CN(C(=O)N1CCNCC1)c1ccc(F)cc1. The van der Waals surface area contributed by atoms with Crippen molar-refractivity contribution in [2.45, 2.75) is 6.92 Å². The number of esters is 1. The Morgan fingerprint density at radius 3 is 2.50 bits per heavy atom. The van der Waals surface area contributed by atoms with E-state index >= 15 is 0 Å². The van der Waals surface area contributed by atoms with Gasteiger partial charge in [-0.15, -0.1) is 0 Å². The molecule has 28 heavy (non-hydrogen) atoms. The lowest BCUT2D eigenvalue weighted by Gasteiger charge is -2.33. The van der Waals surface area contributed by atoms with E-state index in [2.05, 4.69) is 21.8 Å². The molecule has 0 aliphatic carbocycles. The molecule has 0 radical (unpaired) electrons. The molecule has 7 nitrogen and oxygen atoms in total. The lowest BCUT2D eigenvalue weighted by atomic mass is 10.2. The van der Waals surface area contributed by atoms with Gasteiger partial charge in [0, 0.05) is 37.4 Å². The molecule has 1 aromatic carbocycles. The smallest absolute Gasteiger partial charge is 0.333 e. The Kier molecular flexibility index (Phi) is 7.88. The molecule has 0 saturated carbocycles. The van der Waals surface area contributed by atoms with Crippen molar-refractivity contribution in [1.29, 1.82) is 0 Å². The number of rotatable bonds is 6. The van der Waals surface area contributed by atoms with Gasteiger partial charge in [-0.2, -0.15) is 0 Å². The van der Waals surface area contributed by atoms with Crippen LogP contribution in [-0.2, 0) is 9.53 Å². The summed E-state index contributed by atoms with van der Waals surface area (Å²) in [7, 11) is 1.30. The van der Waals surface area contributed by atoms with E-state index in [1.165, 1.54) is 24.1 Å². The van der Waals surface area contributed by atoms with Crippen molar-refractivity contribution >= 4 is 24.4 Å². The molecule has 8 heteroatoms. The second-order valence-corrected chi connectivity index (χ2v) is 6.24. The van der Waals surface area contributed by atoms with Crippen LogP contribution < -0.4 is 10.2 Å². The molecule has 1 heterocycles. The van der Waals surface area contributed by atoms with E-state index in [4.69, 9.17) is 0 Å². The molecule has 1 aliphatic heterocycles. The summed E-state index contributed by atoms with van der Waals surface area (Å²) in [5, 5.41) is 3.20. The number of methoxy groups -OCH3 is 1. The number of piperazine rings is 1. The highest BCUT2D eigenvalue weighted by atomic mass is 19.1. The van der Waals surface area contributed by atoms with Crippen LogP contribution in [-0.4, -0.2) is 63.5 Å². The van der Waals surface area contributed by atoms with Crippen molar-refractivity contribution in [1.82, 2.24) is 10.2 Å². The van der Waals surface area contributed by atoms with Gasteiger partial charge in [-0.25, -0.2) is 14.0 Å². The number of carbonyl (C=O) groups is 2. The van der Waals surface area contributed by atoms with Gasteiger partial charge in [0.05, 0.1) is 19.4 Å². The highest BCUT2D eigenvalue weighted by Crippen LogP contribution is 2.19. The van der Waals surface area contributed by atoms with Crippen LogP contribution in [0.1, 0.15) is 6.92 Å². The fourth-order valence-electron chi connectivity index (χ4n) is 2.68. The molecule has 0 aromatic heterocycles. The van der Waals surface area contributed by atoms with Crippen LogP contribution in [0.3, 0.4) is 0 Å². The maximum atomic E-state index is 13.3. The molecule has 2 rings (SSSR count). The molecule has 0 unspecified atom stereocenters. The zero-order valence-electron chi connectivity index (χ0n) is 16.2. The van der Waals surface area contributed by atoms with Gasteiger partial charge in [0.25, 0.3) is 0 Å². The topological polar surface area (TPSA) is 74.2 Å². The van der Waals surface area contributed by atoms with E-state index in [0.29, 0.717) is 43.1 Å². The molecule has 0 bridgehead atoms. The Hall–Kier alpha value is -3.00. The third kappa shape index (κ3) is 5.75. The number of hydrogen-bond donors (Lipinski definition) is 1. The first kappa shape index (κ1) is 21.3. The number of halogens is 1. The van der Waals surface area contributed by atoms with Crippen molar-refractivity contribution in [3.05, 3.63) is 53.5 Å². The molecule has 1 N–H and O–H groups in total. The maximum Gasteiger partial charge on any atom is 0.333 e. The van der Waals surface area contributed by atoms with Crippen LogP contribution in [0.2, 0.25) is 0 Å². The Morgan fingerprint density at radius 2 is 1.93 bits per heavy atom. The van der Waals surface area contributed by atoms with Crippen LogP contribution in [0.4, 0.5) is 14.9 Å². The lowest BCUT2D eigenvalue weighted by Crippen LogP contribution is -2.52. The van der Waals surface area contributed by atoms with Crippen molar-refractivity contribution < 1.29 is 18.7 Å². The summed E-state index contributed by atoms with van der Waals surface area (Å²) in [4.78, 5) is 31.8. The summed E-state index contributed by atoms with van der Waals surface area (Å²) >= 11 is 0. The number of allylic oxidation sites excluding steroid dienone is 2. The second-order valence-electron chi connectivity index (χ2n) is 6.24. The van der Waals surface area contributed by atoms with Gasteiger partial charge < -0.3 is 15.0 Å². The largest absolute Gasteiger partial charge is 0.466 e. The molecule has 1 aromatic rings. The molecule has 2 amide bonds. The fourth-order valence-corrected chi connectivity index (χ4v) is 2.68. The minimum absolute atomic E-state index is 0.128. The highest BCUT2D eigenvalue weighted by molar-refractivity contribution is 5.92. The van der Waals surface area contributed by atoms with Gasteiger partial charge >= 0.3 is 12.0 Å². The summed E-state index contributed by atoms with van der Waals surface area (Å²) in [6.45, 7) is 7.89. The summed E-state index contributed by atoms with van der Waals surface area (Å²) in [6.07, 6.45) is 3.18. The van der Waals surface area contributed by atoms with Gasteiger partial charge in [-0.1, -0.05) is 6.08 Å². The first-order valence-corrected chi connectivity index (χ1v) is 8.91. The third-order valence-electron chi connectivity index (χ3n) is 4.31. The summed E-state index contributed by atoms with van der Waals surface area (Å²) in [5.74, 6) is -0.834. The number of aliphatic imine (C=N–C) groups is 1. The van der Waals surface area contributed by atoms with Crippen molar-refractivity contribution in [3.8, 4) is 0 Å². The quantitative estimate of drug-likeness (QED) is 0.351. The number of nitrogens with zero attached hydrogens (tertiary/aromatic N) is 3. The van der Waals surface area contributed by atoms with E-state index in [1.54, 1.807) is 36.1 Å². The average Bonchev–Trinajstić information content (AvgIpc) is 2.74. The third-order valence-corrected chi connectivity index (χ3v) is 4.31. The number of hydrogen-bond acceptors (Lipinski definition) is 5. The van der Waals surface area contributed by atoms with Gasteiger partial charge in [0.2, 0.25) is 0 Å². The normalized spacial score (nSPS) is 15.2. The monoisotopic (exact) mass is 388 g/mol.